The van der Waals surface area contributed by atoms with E-state index >= 15 is 0 Å². The number of carbonyl (C=O) groups excluding carboxylic acids is 3. The summed E-state index contributed by atoms with van der Waals surface area (Å²) in [6, 6.07) is 13.7. The van der Waals surface area contributed by atoms with E-state index in [0.29, 0.717) is 59.4 Å². The average Bonchev–Trinajstić information content (AvgIpc) is 3.73. The van der Waals surface area contributed by atoms with Crippen molar-refractivity contribution in [1.29, 1.82) is 5.26 Å². The summed E-state index contributed by atoms with van der Waals surface area (Å²) < 4.78 is 39.8. The molecule has 18 heteroatoms. The zero-order valence-electron chi connectivity index (χ0n) is 35.0. The lowest BCUT2D eigenvalue weighted by atomic mass is 9.77. The van der Waals surface area contributed by atoms with Crippen molar-refractivity contribution >= 4 is 57.8 Å². The first-order valence-electron chi connectivity index (χ1n) is 21.1. The number of rotatable bonds is 11. The van der Waals surface area contributed by atoms with Gasteiger partial charge in [0.2, 0.25) is 17.7 Å². The number of aromatic amines is 1. The molecule has 4 fully saturated rings. The summed E-state index contributed by atoms with van der Waals surface area (Å²) in [5.41, 5.74) is 2.18. The molecule has 4 aliphatic rings. The van der Waals surface area contributed by atoms with Crippen LogP contribution in [0, 0.1) is 28.4 Å². The second kappa shape index (κ2) is 20.0. The third-order valence-electron chi connectivity index (χ3n) is 12.3. The minimum Gasteiger partial charge on any atom is -0.453 e. The number of anilines is 3. The molecule has 1 unspecified atom stereocenters. The Morgan fingerprint density at radius 2 is 1.76 bits per heavy atom. The molecule has 4 N–H and O–H groups in total. The maximum atomic E-state index is 14.9. The van der Waals surface area contributed by atoms with E-state index < -0.39 is 11.9 Å². The van der Waals surface area contributed by atoms with Crippen LogP contribution in [0.5, 0.6) is 11.5 Å². The van der Waals surface area contributed by atoms with Crippen LogP contribution in [-0.4, -0.2) is 107 Å². The Balaban J connectivity index is 0.000000193. The van der Waals surface area contributed by atoms with E-state index in [9.17, 15) is 33.2 Å². The maximum absolute atomic E-state index is 14.9. The zero-order valence-corrected chi connectivity index (χ0v) is 35.8. The number of nitriles is 1. The molecule has 3 saturated heterocycles. The summed E-state index contributed by atoms with van der Waals surface area (Å²) in [4.78, 5) is 60.8. The fraction of sp³-hybridized carbons (Fsp3) is 0.455. The van der Waals surface area contributed by atoms with Crippen LogP contribution in [0.4, 0.5) is 25.8 Å². The van der Waals surface area contributed by atoms with Crippen LogP contribution in [-0.2, 0) is 14.4 Å². The number of aromatic nitrogens is 2. The van der Waals surface area contributed by atoms with Crippen LogP contribution < -0.4 is 30.6 Å². The molecule has 8 rings (SSSR count). The molecular formula is C44H52F2N10O5S. The van der Waals surface area contributed by atoms with Crippen LogP contribution in [0.3, 0.4) is 0 Å². The van der Waals surface area contributed by atoms with Gasteiger partial charge in [0, 0.05) is 70.1 Å². The van der Waals surface area contributed by atoms with Gasteiger partial charge in [-0.1, -0.05) is 19.8 Å². The van der Waals surface area contributed by atoms with Gasteiger partial charge in [-0.3, -0.25) is 29.4 Å². The second-order valence-corrected chi connectivity index (χ2v) is 17.2. The van der Waals surface area contributed by atoms with Gasteiger partial charge in [-0.2, -0.15) is 5.26 Å². The van der Waals surface area contributed by atoms with E-state index in [1.165, 1.54) is 68.4 Å². The fourth-order valence-corrected chi connectivity index (χ4v) is 9.01. The zero-order chi connectivity index (χ0) is 43.8. The highest BCUT2D eigenvalue weighted by molar-refractivity contribution is 7.98. The average molecular weight is 871 g/mol. The summed E-state index contributed by atoms with van der Waals surface area (Å²) in [5.74, 6) is -1.43. The Hall–Kier alpha value is -5.77. The normalized spacial score (nSPS) is 18.9. The largest absolute Gasteiger partial charge is 0.453 e. The molecule has 0 radical (unpaired) electrons. The molecule has 4 aromatic rings. The minimum absolute atomic E-state index is 0.0344. The first kappa shape index (κ1) is 44.3. The molecule has 1 atom stereocenters. The first-order valence-corrected chi connectivity index (χ1v) is 21.9. The van der Waals surface area contributed by atoms with Gasteiger partial charge in [-0.05, 0) is 93.1 Å². The molecule has 62 heavy (non-hydrogen) atoms. The Kier molecular flexibility index (Phi) is 14.3. The Morgan fingerprint density at radius 3 is 2.45 bits per heavy atom. The van der Waals surface area contributed by atoms with Gasteiger partial charge < -0.3 is 29.6 Å². The molecule has 3 aliphatic heterocycles. The number of nitrogens with one attached hydrogen (secondary N) is 4. The number of imide groups is 1. The SMILES string of the molecule is CCN(C)SNc1ccc(F)c(Oc2ccc3nc[nH]c(=O)c3c2)c1C#N.O=C1CCC(Nc2ccc(N3CCN(CC(=O)N4CCC5(CCCC5)CC4)CC3)c(F)c2)C(=O)N1. The van der Waals surface area contributed by atoms with Gasteiger partial charge in [-0.15, -0.1) is 0 Å². The topological polar surface area (TPSA) is 179 Å². The number of fused-ring (bicyclic) bond motifs is 1. The van der Waals surface area contributed by atoms with E-state index in [-0.39, 0.29) is 52.6 Å². The van der Waals surface area contributed by atoms with Gasteiger partial charge in [0.15, 0.2) is 11.6 Å². The number of piperidine rings is 2. The number of H-pyrrole nitrogens is 1. The summed E-state index contributed by atoms with van der Waals surface area (Å²) in [5, 5.41) is 15.2. The molecule has 1 aromatic heterocycles. The van der Waals surface area contributed by atoms with Crippen molar-refractivity contribution in [3.05, 3.63) is 82.4 Å². The third-order valence-corrected chi connectivity index (χ3v) is 13.1. The highest BCUT2D eigenvalue weighted by Crippen LogP contribution is 2.46. The maximum Gasteiger partial charge on any atom is 0.258 e. The number of hydrogen-bond donors (Lipinski definition) is 4. The molecule has 1 saturated carbocycles. The van der Waals surface area contributed by atoms with E-state index in [1.807, 2.05) is 34.1 Å². The number of halogens is 2. The molecule has 15 nitrogen and oxygen atoms in total. The molecular weight excluding hydrogens is 819 g/mol. The predicted octanol–water partition coefficient (Wildman–Crippen LogP) is 6.00. The van der Waals surface area contributed by atoms with E-state index in [2.05, 4.69) is 30.2 Å². The van der Waals surface area contributed by atoms with Crippen LogP contribution in [0.1, 0.15) is 63.9 Å². The number of nitrogens with zero attached hydrogens (tertiary/aromatic N) is 6. The number of likely N-dealkylation sites (tertiary alicyclic amines) is 1. The summed E-state index contributed by atoms with van der Waals surface area (Å²) >= 11 is 1.28. The Morgan fingerprint density at radius 1 is 1.00 bits per heavy atom. The number of benzene rings is 3. The standard InChI is InChI=1S/C26H36FN5O3.C18H16FN5O2S/c27-20-17-19(28-21-4-6-23(33)29-25(21)35)3-5-22(20)31-15-13-30(14-16-31)18-24(34)32-11-9-26(10-12-32)7-1-2-8-26;1-3-24(2)27-23-16-7-5-14(19)17(13(16)9-20)26-11-4-6-15-12(8-11)18(25)22-10-21-15/h3,5,17,21,28H,1-2,4,6-16,18H2,(H,29,33,35);4-8,10,23H,3H2,1-2H3,(H,21,22,25). The molecule has 0 bridgehead atoms. The van der Waals surface area contributed by atoms with Gasteiger partial charge in [0.25, 0.3) is 5.56 Å². The summed E-state index contributed by atoms with van der Waals surface area (Å²) in [6.45, 7) is 7.75. The van der Waals surface area contributed by atoms with Gasteiger partial charge in [-0.25, -0.2) is 18.1 Å². The predicted molar refractivity (Wildman–Crippen MR) is 235 cm³/mol. The van der Waals surface area contributed by atoms with Crippen LogP contribution in [0.15, 0.2) is 59.7 Å². The van der Waals surface area contributed by atoms with Crippen molar-refractivity contribution in [3.63, 3.8) is 0 Å². The Bertz CT molecular complexity index is 2370. The molecule has 328 valence electrons. The van der Waals surface area contributed by atoms with Crippen molar-refractivity contribution in [1.82, 2.24) is 29.4 Å². The van der Waals surface area contributed by atoms with Crippen molar-refractivity contribution in [2.24, 2.45) is 5.41 Å². The van der Waals surface area contributed by atoms with Crippen LogP contribution in [0.2, 0.25) is 0 Å². The van der Waals surface area contributed by atoms with Gasteiger partial charge >= 0.3 is 0 Å². The first-order chi connectivity index (χ1) is 29.9. The number of amides is 3. The molecule has 4 heterocycles. The van der Waals surface area contributed by atoms with Crippen molar-refractivity contribution in [2.75, 3.05) is 74.3 Å². The molecule has 3 amide bonds. The minimum atomic E-state index is -0.675. The number of ether oxygens (including phenoxy) is 1. The highest BCUT2D eigenvalue weighted by atomic mass is 32.2. The Labute approximate surface area is 363 Å². The second-order valence-electron chi connectivity index (χ2n) is 16.2. The van der Waals surface area contributed by atoms with E-state index in [0.717, 1.165) is 45.6 Å². The summed E-state index contributed by atoms with van der Waals surface area (Å²) in [6.07, 6.45) is 9.64. The monoisotopic (exact) mass is 870 g/mol. The molecule has 3 aromatic carbocycles. The van der Waals surface area contributed by atoms with E-state index in [1.54, 1.807) is 24.3 Å². The number of piperazine rings is 1. The van der Waals surface area contributed by atoms with E-state index in [4.69, 9.17) is 4.74 Å². The molecule has 1 aliphatic carbocycles. The number of hydrogen-bond acceptors (Lipinski definition) is 13. The van der Waals surface area contributed by atoms with Crippen LogP contribution in [0.25, 0.3) is 10.9 Å². The summed E-state index contributed by atoms with van der Waals surface area (Å²) in [7, 11) is 1.88. The van der Waals surface area contributed by atoms with Crippen molar-refractivity contribution in [2.45, 2.75) is 64.3 Å². The smallest absolute Gasteiger partial charge is 0.258 e. The van der Waals surface area contributed by atoms with Crippen molar-refractivity contribution < 1.29 is 27.9 Å². The highest BCUT2D eigenvalue weighted by Gasteiger charge is 2.38. The van der Waals surface area contributed by atoms with Gasteiger partial charge in [0.1, 0.15) is 29.2 Å². The van der Waals surface area contributed by atoms with Crippen LogP contribution >= 0.6 is 12.1 Å². The quantitative estimate of drug-likeness (QED) is 0.102. The fourth-order valence-electron chi connectivity index (χ4n) is 8.45. The van der Waals surface area contributed by atoms with Crippen molar-refractivity contribution in [3.8, 4) is 17.6 Å². The third kappa shape index (κ3) is 10.6. The lowest BCUT2D eigenvalue weighted by Gasteiger charge is -2.41. The lowest BCUT2D eigenvalue weighted by molar-refractivity contribution is -0.135. The molecule has 1 spiro atoms. The van der Waals surface area contributed by atoms with Gasteiger partial charge in [0.05, 0.1) is 35.1 Å². The lowest BCUT2D eigenvalue weighted by Crippen LogP contribution is -2.51. The number of carbonyl (C=O) groups is 3.